The molecule has 38 heavy (non-hydrogen) atoms. The van der Waals surface area contributed by atoms with Crippen LogP contribution in [0.1, 0.15) is 31.2 Å². The molecule has 1 N–H and O–H groups in total. The summed E-state index contributed by atoms with van der Waals surface area (Å²) in [6.45, 7) is 0. The number of amides is 1. The van der Waals surface area contributed by atoms with E-state index >= 15 is 0 Å². The minimum Gasteiger partial charge on any atom is -0.352 e. The van der Waals surface area contributed by atoms with Crippen LogP contribution < -0.4 is 10.2 Å². The lowest BCUT2D eigenvalue weighted by Crippen LogP contribution is -2.51. The van der Waals surface area contributed by atoms with Crippen LogP contribution in [0.3, 0.4) is 0 Å². The SMILES string of the molecule is O=C(c1ccccc1Cl)[C@@H]1[C@H](C(=O)c2cccs2)[C@@]2(C(=O)Nc3ccccc32)[C@@H]2C=Cc3ccccc3N12. The molecular formula is C31H21ClN2O3S. The van der Waals surface area contributed by atoms with Gasteiger partial charge in [-0.15, -0.1) is 11.3 Å². The summed E-state index contributed by atoms with van der Waals surface area (Å²) < 4.78 is 0. The van der Waals surface area contributed by atoms with E-state index in [1.54, 1.807) is 30.3 Å². The van der Waals surface area contributed by atoms with Crippen molar-refractivity contribution in [3.63, 3.8) is 0 Å². The molecule has 0 aliphatic carbocycles. The maximum atomic E-state index is 14.5. The fraction of sp³-hybridized carbons (Fsp3) is 0.129. The molecule has 0 unspecified atom stereocenters. The number of halogens is 1. The first-order valence-electron chi connectivity index (χ1n) is 12.4. The zero-order chi connectivity index (χ0) is 26.0. The van der Waals surface area contributed by atoms with Gasteiger partial charge in [-0.2, -0.15) is 0 Å². The second kappa shape index (κ2) is 8.51. The van der Waals surface area contributed by atoms with Gasteiger partial charge < -0.3 is 10.2 Å². The largest absolute Gasteiger partial charge is 0.352 e. The first-order chi connectivity index (χ1) is 18.5. The fourth-order valence-electron chi connectivity index (χ4n) is 6.51. The quantitative estimate of drug-likeness (QED) is 0.313. The average molecular weight is 537 g/mol. The first-order valence-corrected chi connectivity index (χ1v) is 13.6. The van der Waals surface area contributed by atoms with Crippen molar-refractivity contribution in [1.29, 1.82) is 0 Å². The van der Waals surface area contributed by atoms with Gasteiger partial charge in [0.05, 0.1) is 21.9 Å². The van der Waals surface area contributed by atoms with Gasteiger partial charge in [-0.25, -0.2) is 0 Å². The summed E-state index contributed by atoms with van der Waals surface area (Å²) in [5.41, 5.74) is 2.14. The van der Waals surface area contributed by atoms with Gasteiger partial charge in [0.15, 0.2) is 11.6 Å². The van der Waals surface area contributed by atoms with Crippen molar-refractivity contribution in [2.75, 3.05) is 10.2 Å². The third-order valence-corrected chi connectivity index (χ3v) is 9.21. The molecule has 3 aliphatic heterocycles. The normalized spacial score (nSPS) is 24.6. The third-order valence-electron chi connectivity index (χ3n) is 8.00. The van der Waals surface area contributed by atoms with Crippen molar-refractivity contribution in [2.24, 2.45) is 5.92 Å². The highest BCUT2D eigenvalue weighted by atomic mass is 35.5. The van der Waals surface area contributed by atoms with Crippen LogP contribution in [0.2, 0.25) is 5.02 Å². The van der Waals surface area contributed by atoms with Gasteiger partial charge in [-0.3, -0.25) is 14.4 Å². The number of rotatable bonds is 4. The Labute approximate surface area is 228 Å². The Hall–Kier alpha value is -4.00. The van der Waals surface area contributed by atoms with Gasteiger partial charge in [0, 0.05) is 16.9 Å². The lowest BCUT2D eigenvalue weighted by molar-refractivity contribution is -0.121. The van der Waals surface area contributed by atoms with Gasteiger partial charge in [-0.05, 0) is 46.8 Å². The number of hydrogen-bond acceptors (Lipinski definition) is 5. The minimum atomic E-state index is -1.32. The summed E-state index contributed by atoms with van der Waals surface area (Å²) in [5.74, 6) is -1.77. The number of fused-ring (bicyclic) bond motifs is 6. The number of hydrogen-bond donors (Lipinski definition) is 1. The van der Waals surface area contributed by atoms with E-state index in [1.165, 1.54) is 11.3 Å². The number of carbonyl (C=O) groups excluding carboxylic acids is 3. The van der Waals surface area contributed by atoms with Gasteiger partial charge in [0.1, 0.15) is 11.5 Å². The van der Waals surface area contributed by atoms with Gasteiger partial charge in [-0.1, -0.05) is 78.4 Å². The molecule has 4 heterocycles. The Bertz CT molecular complexity index is 1660. The summed E-state index contributed by atoms with van der Waals surface area (Å²) >= 11 is 7.86. The zero-order valence-corrected chi connectivity index (χ0v) is 21.6. The molecule has 1 spiro atoms. The predicted molar refractivity (Wildman–Crippen MR) is 150 cm³/mol. The molecule has 7 heteroatoms. The topological polar surface area (TPSA) is 66.5 Å². The minimum absolute atomic E-state index is 0.225. The third kappa shape index (κ3) is 3.01. The lowest BCUT2D eigenvalue weighted by Gasteiger charge is -2.37. The van der Waals surface area contributed by atoms with Crippen LogP contribution >= 0.6 is 22.9 Å². The molecule has 7 rings (SSSR count). The Morgan fingerprint density at radius 1 is 0.895 bits per heavy atom. The predicted octanol–water partition coefficient (Wildman–Crippen LogP) is 6.26. The highest BCUT2D eigenvalue weighted by Crippen LogP contribution is 2.58. The molecule has 1 aromatic heterocycles. The van der Waals surface area contributed by atoms with E-state index < -0.39 is 23.4 Å². The molecule has 1 saturated heterocycles. The van der Waals surface area contributed by atoms with E-state index in [2.05, 4.69) is 5.32 Å². The molecular weight excluding hydrogens is 516 g/mol. The molecule has 4 aromatic rings. The number of nitrogens with one attached hydrogen (secondary N) is 1. The molecule has 4 atom stereocenters. The smallest absolute Gasteiger partial charge is 0.238 e. The van der Waals surface area contributed by atoms with Crippen LogP contribution in [0.4, 0.5) is 11.4 Å². The van der Waals surface area contributed by atoms with Crippen molar-refractivity contribution in [3.8, 4) is 0 Å². The van der Waals surface area contributed by atoms with Crippen LogP contribution in [0.25, 0.3) is 6.08 Å². The number of anilines is 2. The highest BCUT2D eigenvalue weighted by molar-refractivity contribution is 7.12. The molecule has 186 valence electrons. The number of carbonyl (C=O) groups is 3. The van der Waals surface area contributed by atoms with Gasteiger partial charge >= 0.3 is 0 Å². The molecule has 0 saturated carbocycles. The van der Waals surface area contributed by atoms with Crippen molar-refractivity contribution >= 4 is 57.9 Å². The molecule has 1 fully saturated rings. The van der Waals surface area contributed by atoms with E-state index in [1.807, 2.05) is 77.0 Å². The van der Waals surface area contributed by atoms with E-state index in [0.29, 0.717) is 21.2 Å². The number of ketones is 2. The maximum Gasteiger partial charge on any atom is 0.238 e. The van der Waals surface area contributed by atoms with Crippen molar-refractivity contribution < 1.29 is 14.4 Å². The molecule has 0 radical (unpaired) electrons. The lowest BCUT2D eigenvalue weighted by atomic mass is 9.64. The number of benzene rings is 3. The van der Waals surface area contributed by atoms with Crippen LogP contribution in [0, 0.1) is 5.92 Å². The van der Waals surface area contributed by atoms with E-state index in [9.17, 15) is 14.4 Å². The molecule has 0 bridgehead atoms. The van der Waals surface area contributed by atoms with Crippen LogP contribution in [-0.2, 0) is 10.2 Å². The van der Waals surface area contributed by atoms with E-state index in [4.69, 9.17) is 11.6 Å². The molecule has 5 nitrogen and oxygen atoms in total. The van der Waals surface area contributed by atoms with Crippen LogP contribution in [-0.4, -0.2) is 29.6 Å². The highest BCUT2D eigenvalue weighted by Gasteiger charge is 2.70. The second-order valence-corrected chi connectivity index (χ2v) is 11.1. The number of nitrogens with zero attached hydrogens (tertiary/aromatic N) is 1. The average Bonchev–Trinajstić information content (AvgIpc) is 3.65. The number of thiophene rings is 1. The Kier molecular flexibility index (Phi) is 5.18. The van der Waals surface area contributed by atoms with Crippen molar-refractivity contribution in [3.05, 3.63) is 123 Å². The van der Waals surface area contributed by atoms with E-state index in [-0.39, 0.29) is 17.5 Å². The van der Waals surface area contributed by atoms with Crippen LogP contribution in [0.5, 0.6) is 0 Å². The van der Waals surface area contributed by atoms with Gasteiger partial charge in [0.2, 0.25) is 5.91 Å². The molecule has 3 aromatic carbocycles. The Morgan fingerprint density at radius 2 is 1.66 bits per heavy atom. The second-order valence-electron chi connectivity index (χ2n) is 9.75. The number of Topliss-reactive ketones (excluding diaryl/α,β-unsaturated/α-hetero) is 2. The Morgan fingerprint density at radius 3 is 2.47 bits per heavy atom. The summed E-state index contributed by atoms with van der Waals surface area (Å²) in [6.07, 6.45) is 3.96. The molecule has 1 amide bonds. The summed E-state index contributed by atoms with van der Waals surface area (Å²) in [4.78, 5) is 45.8. The number of para-hydroxylation sites is 2. The standard InChI is InChI=1S/C31H21ClN2O3S/c32-21-11-4-2-9-19(21)28(35)27-26(29(36)24-14-7-17-38-24)31(20-10-3-5-12-22(20)33-30(31)37)25-16-15-18-8-1-6-13-23(18)34(25)27/h1-17,25-27H,(H,33,37)/t25-,26+,27-,31-/m0/s1. The first kappa shape index (κ1) is 23.1. The zero-order valence-electron chi connectivity index (χ0n) is 20.0. The van der Waals surface area contributed by atoms with Crippen LogP contribution in [0.15, 0.2) is 96.4 Å². The molecule has 3 aliphatic rings. The fourth-order valence-corrected chi connectivity index (χ4v) is 7.45. The summed E-state index contributed by atoms with van der Waals surface area (Å²) in [7, 11) is 0. The maximum absolute atomic E-state index is 14.5. The van der Waals surface area contributed by atoms with Gasteiger partial charge in [0.25, 0.3) is 0 Å². The summed E-state index contributed by atoms with van der Waals surface area (Å²) in [6, 6.07) is 24.2. The monoisotopic (exact) mass is 536 g/mol. The summed E-state index contributed by atoms with van der Waals surface area (Å²) in [5, 5.41) is 5.19. The Balaban J connectivity index is 1.56. The van der Waals surface area contributed by atoms with Crippen molar-refractivity contribution in [1.82, 2.24) is 0 Å². The van der Waals surface area contributed by atoms with Crippen molar-refractivity contribution in [2.45, 2.75) is 17.5 Å². The van der Waals surface area contributed by atoms with E-state index in [0.717, 1.165) is 16.8 Å².